The molecule has 0 unspecified atom stereocenters. The van der Waals surface area contributed by atoms with Gasteiger partial charge in [0.05, 0.1) is 12.8 Å². The Labute approximate surface area is 190 Å². The lowest BCUT2D eigenvalue weighted by Crippen LogP contribution is -2.15. The number of hydrogen-bond donors (Lipinski definition) is 4. The Hall–Kier alpha value is -2.44. The van der Waals surface area contributed by atoms with Crippen molar-refractivity contribution in [3.8, 4) is 5.75 Å². The van der Waals surface area contributed by atoms with Crippen LogP contribution >= 0.6 is 7.60 Å². The predicted octanol–water partition coefficient (Wildman–Crippen LogP) is 4.31. The molecule has 0 radical (unpaired) electrons. The molecule has 174 valence electrons. The number of nitrogens with two attached hydrogens (primary N) is 1. The minimum Gasteiger partial charge on any atom is -0.491 e. The zero-order valence-electron chi connectivity index (χ0n) is 18.4. The van der Waals surface area contributed by atoms with Crippen molar-refractivity contribution in [1.82, 2.24) is 5.32 Å². The van der Waals surface area contributed by atoms with E-state index in [0.717, 1.165) is 42.7 Å². The topological polar surface area (TPSA) is 117 Å². The third kappa shape index (κ3) is 11.3. The number of ether oxygens (including phenoxy) is 1. The van der Waals surface area contributed by atoms with Crippen LogP contribution in [0.15, 0.2) is 65.8 Å². The Morgan fingerprint density at radius 3 is 2.59 bits per heavy atom. The summed E-state index contributed by atoms with van der Waals surface area (Å²) in [7, 11) is -3.93. The van der Waals surface area contributed by atoms with E-state index < -0.39 is 7.60 Å². The fourth-order valence-corrected chi connectivity index (χ4v) is 3.72. The van der Waals surface area contributed by atoms with Gasteiger partial charge in [-0.2, -0.15) is 0 Å². The van der Waals surface area contributed by atoms with E-state index in [9.17, 15) is 4.57 Å². The van der Waals surface area contributed by atoms with Gasteiger partial charge in [-0.15, -0.1) is 0 Å². The summed E-state index contributed by atoms with van der Waals surface area (Å²) in [5, 5.41) is 3.20. The fraction of sp³-hybridized carbons (Fsp3) is 0.375. The molecule has 0 saturated carbocycles. The van der Waals surface area contributed by atoms with Gasteiger partial charge in [-0.1, -0.05) is 36.4 Å². The van der Waals surface area contributed by atoms with Crippen LogP contribution in [0, 0.1) is 0 Å². The van der Waals surface area contributed by atoms with Crippen LogP contribution in [0.1, 0.15) is 36.8 Å². The van der Waals surface area contributed by atoms with Crippen molar-refractivity contribution in [2.24, 2.45) is 10.7 Å². The van der Waals surface area contributed by atoms with E-state index in [2.05, 4.69) is 34.6 Å². The highest BCUT2D eigenvalue weighted by Gasteiger charge is 2.11. The molecule has 0 amide bonds. The zero-order chi connectivity index (χ0) is 23.1. The molecule has 0 aliphatic heterocycles. The van der Waals surface area contributed by atoms with E-state index in [1.165, 1.54) is 11.8 Å². The molecular weight excluding hydrogens is 425 g/mol. The van der Waals surface area contributed by atoms with Crippen molar-refractivity contribution in [2.75, 3.05) is 19.3 Å². The predicted molar refractivity (Wildman–Crippen MR) is 131 cm³/mol. The van der Waals surface area contributed by atoms with E-state index >= 15 is 0 Å². The second-order valence-corrected chi connectivity index (χ2v) is 9.31. The van der Waals surface area contributed by atoms with Crippen molar-refractivity contribution in [1.29, 1.82) is 0 Å². The molecule has 0 fully saturated rings. The van der Waals surface area contributed by atoms with Crippen LogP contribution in [0.3, 0.4) is 0 Å². The lowest BCUT2D eigenvalue weighted by Gasteiger charge is -2.11. The quantitative estimate of drug-likeness (QED) is 0.179. The molecule has 2 rings (SSSR count). The summed E-state index contributed by atoms with van der Waals surface area (Å²) in [6, 6.07) is 16.3. The summed E-state index contributed by atoms with van der Waals surface area (Å²) in [4.78, 5) is 22.3. The van der Waals surface area contributed by atoms with Crippen LogP contribution in [-0.4, -0.2) is 35.3 Å². The van der Waals surface area contributed by atoms with Crippen LogP contribution in [-0.2, 0) is 17.5 Å². The van der Waals surface area contributed by atoms with Crippen LogP contribution < -0.4 is 15.8 Å². The van der Waals surface area contributed by atoms with Gasteiger partial charge in [-0.3, -0.25) is 9.56 Å². The van der Waals surface area contributed by atoms with Gasteiger partial charge < -0.3 is 25.6 Å². The summed E-state index contributed by atoms with van der Waals surface area (Å²) in [5.41, 5.74) is 8.49. The number of aryl methyl sites for hydroxylation is 1. The Kier molecular flexibility index (Phi) is 11.8. The van der Waals surface area contributed by atoms with Crippen molar-refractivity contribution in [3.63, 3.8) is 0 Å². The first-order valence-electron chi connectivity index (χ1n) is 10.9. The SMILES string of the molecule is NC=CC=Nc1cc(CNCCCP(=O)(O)O)ccc1OCCCCCc1ccccc1. The molecule has 0 spiro atoms. The number of benzene rings is 2. The second-order valence-electron chi connectivity index (χ2n) is 7.53. The Morgan fingerprint density at radius 1 is 1.03 bits per heavy atom. The van der Waals surface area contributed by atoms with Crippen LogP contribution in [0.5, 0.6) is 5.75 Å². The highest BCUT2D eigenvalue weighted by Crippen LogP contribution is 2.34. The third-order valence-corrected chi connectivity index (χ3v) is 5.68. The number of nitrogens with zero attached hydrogens (tertiary/aromatic N) is 1. The smallest absolute Gasteiger partial charge is 0.325 e. The van der Waals surface area contributed by atoms with Crippen molar-refractivity contribution >= 4 is 19.5 Å². The summed E-state index contributed by atoms with van der Waals surface area (Å²) in [5.74, 6) is 0.722. The second kappa shape index (κ2) is 14.6. The first-order valence-corrected chi connectivity index (χ1v) is 12.7. The van der Waals surface area contributed by atoms with Crippen molar-refractivity contribution < 1.29 is 19.1 Å². The summed E-state index contributed by atoms with van der Waals surface area (Å²) >= 11 is 0. The Balaban J connectivity index is 1.80. The van der Waals surface area contributed by atoms with Gasteiger partial charge in [0, 0.05) is 12.8 Å². The van der Waals surface area contributed by atoms with E-state index in [4.69, 9.17) is 20.3 Å². The van der Waals surface area contributed by atoms with Crippen LogP contribution in [0.4, 0.5) is 5.69 Å². The lowest BCUT2D eigenvalue weighted by atomic mass is 10.1. The molecule has 0 atom stereocenters. The molecule has 8 heteroatoms. The monoisotopic (exact) mass is 459 g/mol. The van der Waals surface area contributed by atoms with Crippen molar-refractivity contribution in [3.05, 3.63) is 71.9 Å². The summed E-state index contributed by atoms with van der Waals surface area (Å²) < 4.78 is 16.9. The van der Waals surface area contributed by atoms with Gasteiger partial charge in [-0.25, -0.2) is 0 Å². The van der Waals surface area contributed by atoms with Crippen LogP contribution in [0.2, 0.25) is 0 Å². The summed E-state index contributed by atoms with van der Waals surface area (Å²) in [6.07, 6.45) is 9.29. The number of nitrogens with one attached hydrogen (secondary N) is 1. The van der Waals surface area contributed by atoms with E-state index in [1.807, 2.05) is 24.3 Å². The van der Waals surface area contributed by atoms with Crippen LogP contribution in [0.25, 0.3) is 0 Å². The van der Waals surface area contributed by atoms with E-state index in [1.54, 1.807) is 12.3 Å². The highest BCUT2D eigenvalue weighted by atomic mass is 31.2. The largest absolute Gasteiger partial charge is 0.491 e. The molecule has 0 aliphatic rings. The maximum Gasteiger partial charge on any atom is 0.325 e. The molecule has 5 N–H and O–H groups in total. The van der Waals surface area contributed by atoms with Crippen molar-refractivity contribution in [2.45, 2.75) is 38.6 Å². The first kappa shape index (κ1) is 25.8. The van der Waals surface area contributed by atoms with Gasteiger partial charge in [-0.05, 0) is 74.2 Å². The minimum absolute atomic E-state index is 0.112. The standard InChI is InChI=1S/C24H34N3O4P/c25-14-7-16-27-23-19-22(20-26-15-8-18-32(28,29)30)12-13-24(23)31-17-6-2-5-11-21-9-3-1-4-10-21/h1,3-4,7,9-10,12-14,16,19,26H,2,5-6,8,11,15,17-18,20,25H2,(H2,28,29,30). The van der Waals surface area contributed by atoms with E-state index in [-0.39, 0.29) is 6.16 Å². The van der Waals surface area contributed by atoms with Gasteiger partial charge in [0.15, 0.2) is 0 Å². The first-order chi connectivity index (χ1) is 15.5. The Bertz CT molecular complexity index is 897. The average Bonchev–Trinajstić information content (AvgIpc) is 2.77. The molecule has 2 aromatic carbocycles. The third-order valence-electron chi connectivity index (χ3n) is 4.78. The Morgan fingerprint density at radius 2 is 1.84 bits per heavy atom. The maximum absolute atomic E-state index is 10.9. The molecule has 0 saturated heterocycles. The van der Waals surface area contributed by atoms with Gasteiger partial charge in [0.25, 0.3) is 0 Å². The lowest BCUT2D eigenvalue weighted by molar-refractivity contribution is 0.306. The van der Waals surface area contributed by atoms with Gasteiger partial charge in [0.2, 0.25) is 0 Å². The molecule has 32 heavy (non-hydrogen) atoms. The number of rotatable bonds is 15. The summed E-state index contributed by atoms with van der Waals surface area (Å²) in [6.45, 7) is 1.74. The molecule has 0 bridgehead atoms. The number of aliphatic imine (C=N–C) groups is 1. The minimum atomic E-state index is -3.93. The molecule has 0 aliphatic carbocycles. The molecular formula is C24H34N3O4P. The number of unbranched alkanes of at least 4 members (excludes halogenated alkanes) is 2. The van der Waals surface area contributed by atoms with Gasteiger partial charge in [0.1, 0.15) is 11.4 Å². The highest BCUT2D eigenvalue weighted by molar-refractivity contribution is 7.51. The number of hydrogen-bond acceptors (Lipinski definition) is 5. The average molecular weight is 460 g/mol. The molecule has 0 heterocycles. The maximum atomic E-state index is 10.9. The zero-order valence-corrected chi connectivity index (χ0v) is 19.3. The fourth-order valence-electron chi connectivity index (χ4n) is 3.15. The van der Waals surface area contributed by atoms with Gasteiger partial charge >= 0.3 is 7.60 Å². The number of allylic oxidation sites excluding steroid dienone is 1. The molecule has 7 nitrogen and oxygen atoms in total. The molecule has 2 aromatic rings. The molecule has 0 aromatic heterocycles. The van der Waals surface area contributed by atoms with E-state index in [0.29, 0.717) is 26.1 Å². The normalized spacial score (nSPS) is 12.1.